The summed E-state index contributed by atoms with van der Waals surface area (Å²) >= 11 is 3.36. The highest BCUT2D eigenvalue weighted by Gasteiger charge is 2.15. The van der Waals surface area contributed by atoms with Crippen LogP contribution in [0.3, 0.4) is 0 Å². The van der Waals surface area contributed by atoms with E-state index in [0.717, 1.165) is 58.6 Å². The number of benzene rings is 2. The second-order valence-electron chi connectivity index (χ2n) is 7.24. The van der Waals surface area contributed by atoms with Crippen LogP contribution in [0.1, 0.15) is 37.1 Å². The van der Waals surface area contributed by atoms with Crippen LogP contribution in [0.4, 0.5) is 0 Å². The molecule has 0 aliphatic carbocycles. The van der Waals surface area contributed by atoms with Crippen molar-refractivity contribution < 1.29 is 4.74 Å². The molecule has 0 spiro atoms. The van der Waals surface area contributed by atoms with Gasteiger partial charge in [-0.2, -0.15) is 0 Å². The van der Waals surface area contributed by atoms with Crippen LogP contribution in [0.5, 0.6) is 5.75 Å². The summed E-state index contributed by atoms with van der Waals surface area (Å²) in [5, 5.41) is 4.06. The van der Waals surface area contributed by atoms with E-state index in [4.69, 9.17) is 14.7 Å². The molecule has 0 amide bonds. The van der Waals surface area contributed by atoms with Crippen molar-refractivity contribution in [1.82, 2.24) is 9.97 Å². The average Bonchev–Trinajstić information content (AvgIpc) is 3.42. The van der Waals surface area contributed by atoms with Crippen molar-refractivity contribution in [2.75, 3.05) is 6.61 Å². The van der Waals surface area contributed by atoms with E-state index in [-0.39, 0.29) is 0 Å². The lowest BCUT2D eigenvalue weighted by atomic mass is 10.1. The summed E-state index contributed by atoms with van der Waals surface area (Å²) < 4.78 is 5.76. The molecule has 0 N–H and O–H groups in total. The summed E-state index contributed by atoms with van der Waals surface area (Å²) in [7, 11) is 0. The second kappa shape index (κ2) is 9.54. The highest BCUT2D eigenvalue weighted by Crippen LogP contribution is 2.36. The molecule has 2 aromatic carbocycles. The van der Waals surface area contributed by atoms with E-state index >= 15 is 0 Å². The third-order valence-corrected chi connectivity index (χ3v) is 6.99. The monoisotopic (exact) mass is 434 g/mol. The first-order valence-electron chi connectivity index (χ1n) is 10.4. The Labute approximate surface area is 186 Å². The van der Waals surface area contributed by atoms with Crippen molar-refractivity contribution in [1.29, 1.82) is 0 Å². The SMILES string of the molecule is CCCCOc1ccc(-c2csc(-c3nc(-c4ccc(CC)cc4)c(C)s3)n2)cc1. The fourth-order valence-electron chi connectivity index (χ4n) is 3.21. The Morgan fingerprint density at radius 1 is 0.867 bits per heavy atom. The van der Waals surface area contributed by atoms with E-state index in [1.54, 1.807) is 22.7 Å². The largest absolute Gasteiger partial charge is 0.494 e. The smallest absolute Gasteiger partial charge is 0.153 e. The van der Waals surface area contributed by atoms with Gasteiger partial charge in [-0.05, 0) is 49.6 Å². The van der Waals surface area contributed by atoms with Gasteiger partial charge in [-0.1, -0.05) is 44.5 Å². The lowest BCUT2D eigenvalue weighted by molar-refractivity contribution is 0.309. The number of hydrogen-bond donors (Lipinski definition) is 0. The third kappa shape index (κ3) is 4.63. The van der Waals surface area contributed by atoms with E-state index in [0.29, 0.717) is 0 Å². The quantitative estimate of drug-likeness (QED) is 0.267. The van der Waals surface area contributed by atoms with Crippen LogP contribution in [-0.4, -0.2) is 16.6 Å². The number of unbranched alkanes of at least 4 members (excludes halogenated alkanes) is 1. The molecule has 154 valence electrons. The Morgan fingerprint density at radius 2 is 1.60 bits per heavy atom. The van der Waals surface area contributed by atoms with Crippen molar-refractivity contribution in [3.8, 4) is 38.3 Å². The van der Waals surface area contributed by atoms with Crippen LogP contribution in [0.15, 0.2) is 53.9 Å². The maximum Gasteiger partial charge on any atom is 0.153 e. The van der Waals surface area contributed by atoms with E-state index < -0.39 is 0 Å². The summed E-state index contributed by atoms with van der Waals surface area (Å²) in [6.45, 7) is 7.25. The van der Waals surface area contributed by atoms with E-state index in [2.05, 4.69) is 62.5 Å². The summed E-state index contributed by atoms with van der Waals surface area (Å²) in [4.78, 5) is 11.0. The van der Waals surface area contributed by atoms with Crippen molar-refractivity contribution >= 4 is 22.7 Å². The van der Waals surface area contributed by atoms with E-state index in [9.17, 15) is 0 Å². The summed E-state index contributed by atoms with van der Waals surface area (Å²) in [6, 6.07) is 16.9. The minimum atomic E-state index is 0.767. The fourth-order valence-corrected chi connectivity index (χ4v) is 5.01. The number of hydrogen-bond acceptors (Lipinski definition) is 5. The highest BCUT2D eigenvalue weighted by molar-refractivity contribution is 7.21. The van der Waals surface area contributed by atoms with Crippen LogP contribution in [-0.2, 0) is 6.42 Å². The Hall–Kier alpha value is -2.50. The predicted molar refractivity (Wildman–Crippen MR) is 129 cm³/mol. The summed E-state index contributed by atoms with van der Waals surface area (Å²) in [5.41, 5.74) is 5.66. The van der Waals surface area contributed by atoms with Gasteiger partial charge in [0, 0.05) is 21.4 Å². The minimum Gasteiger partial charge on any atom is -0.494 e. The molecule has 0 aliphatic rings. The van der Waals surface area contributed by atoms with E-state index in [1.165, 1.54) is 16.0 Å². The minimum absolute atomic E-state index is 0.767. The van der Waals surface area contributed by atoms with Crippen molar-refractivity contribution in [2.45, 2.75) is 40.0 Å². The molecule has 0 saturated heterocycles. The van der Waals surface area contributed by atoms with Crippen molar-refractivity contribution in [2.24, 2.45) is 0 Å². The van der Waals surface area contributed by atoms with Gasteiger partial charge in [0.25, 0.3) is 0 Å². The third-order valence-electron chi connectivity index (χ3n) is 5.04. The lowest BCUT2D eigenvalue weighted by Crippen LogP contribution is -1.95. The van der Waals surface area contributed by atoms with Gasteiger partial charge >= 0.3 is 0 Å². The summed E-state index contributed by atoms with van der Waals surface area (Å²) in [6.07, 6.45) is 3.27. The Bertz CT molecular complexity index is 1100. The zero-order valence-electron chi connectivity index (χ0n) is 17.6. The van der Waals surface area contributed by atoms with Gasteiger partial charge in [-0.15, -0.1) is 22.7 Å². The summed E-state index contributed by atoms with van der Waals surface area (Å²) in [5.74, 6) is 0.914. The highest BCUT2D eigenvalue weighted by atomic mass is 32.1. The number of ether oxygens (including phenoxy) is 1. The molecule has 3 nitrogen and oxygen atoms in total. The van der Waals surface area contributed by atoms with Crippen molar-refractivity contribution in [3.63, 3.8) is 0 Å². The lowest BCUT2D eigenvalue weighted by Gasteiger charge is -2.05. The fraction of sp³-hybridized carbons (Fsp3) is 0.280. The average molecular weight is 435 g/mol. The molecule has 4 aromatic rings. The standard InChI is InChI=1S/C25H26N2OS2/c1-4-6-15-28-21-13-11-19(12-14-21)22-16-29-24(26-22)25-27-23(17(3)30-25)20-9-7-18(5-2)8-10-20/h7-14,16H,4-6,15H2,1-3H3. The molecular formula is C25H26N2OS2. The first-order chi connectivity index (χ1) is 14.7. The number of rotatable bonds is 8. The Kier molecular flexibility index (Phi) is 6.60. The maximum atomic E-state index is 5.76. The Morgan fingerprint density at radius 3 is 2.30 bits per heavy atom. The van der Waals surface area contributed by atoms with Gasteiger partial charge in [-0.3, -0.25) is 0 Å². The van der Waals surface area contributed by atoms with Crippen LogP contribution in [0.2, 0.25) is 0 Å². The molecule has 4 rings (SSSR count). The maximum absolute atomic E-state index is 5.76. The molecule has 5 heteroatoms. The van der Waals surface area contributed by atoms with Crippen molar-refractivity contribution in [3.05, 3.63) is 64.4 Å². The molecule has 0 aliphatic heterocycles. The van der Waals surface area contributed by atoms with Gasteiger partial charge in [0.1, 0.15) is 5.75 Å². The zero-order chi connectivity index (χ0) is 20.9. The second-order valence-corrected chi connectivity index (χ2v) is 9.30. The molecule has 0 atom stereocenters. The Balaban J connectivity index is 1.52. The zero-order valence-corrected chi connectivity index (χ0v) is 19.3. The van der Waals surface area contributed by atoms with Gasteiger partial charge < -0.3 is 4.74 Å². The molecule has 0 unspecified atom stereocenters. The first-order valence-corrected chi connectivity index (χ1v) is 12.1. The molecule has 2 aromatic heterocycles. The number of aryl methyl sites for hydroxylation is 2. The van der Waals surface area contributed by atoms with Gasteiger partial charge in [0.05, 0.1) is 18.0 Å². The first kappa shape index (κ1) is 20.8. The number of thiazole rings is 2. The van der Waals surface area contributed by atoms with Crippen LogP contribution < -0.4 is 4.74 Å². The van der Waals surface area contributed by atoms with E-state index in [1.807, 2.05) is 12.1 Å². The normalized spacial score (nSPS) is 11.0. The molecule has 0 saturated carbocycles. The van der Waals surface area contributed by atoms with Gasteiger partial charge in [0.2, 0.25) is 0 Å². The van der Waals surface area contributed by atoms with Gasteiger partial charge in [-0.25, -0.2) is 9.97 Å². The number of aromatic nitrogens is 2. The van der Waals surface area contributed by atoms with Crippen LogP contribution in [0.25, 0.3) is 32.5 Å². The number of nitrogens with zero attached hydrogens (tertiary/aromatic N) is 2. The topological polar surface area (TPSA) is 35.0 Å². The predicted octanol–water partition coefficient (Wildman–Crippen LogP) is 7.65. The molecule has 0 bridgehead atoms. The molecule has 0 radical (unpaired) electrons. The molecule has 0 fully saturated rings. The van der Waals surface area contributed by atoms with Crippen LogP contribution >= 0.6 is 22.7 Å². The van der Waals surface area contributed by atoms with Gasteiger partial charge in [0.15, 0.2) is 10.0 Å². The van der Waals surface area contributed by atoms with Crippen LogP contribution in [0, 0.1) is 6.92 Å². The molecule has 2 heterocycles. The molecular weight excluding hydrogens is 408 g/mol. The molecule has 30 heavy (non-hydrogen) atoms.